The first-order valence-corrected chi connectivity index (χ1v) is 5.21. The first-order valence-electron chi connectivity index (χ1n) is 5.21. The molecule has 2 N–H and O–H groups in total. The van der Waals surface area contributed by atoms with Crippen molar-refractivity contribution in [3.8, 4) is 0 Å². The quantitative estimate of drug-likeness (QED) is 0.638. The zero-order chi connectivity index (χ0) is 11.5. The summed E-state index contributed by atoms with van der Waals surface area (Å²) in [6.45, 7) is 0.658. The van der Waals surface area contributed by atoms with Gasteiger partial charge in [-0.15, -0.1) is 0 Å². The highest BCUT2D eigenvalue weighted by Gasteiger charge is 2.29. The summed E-state index contributed by atoms with van der Waals surface area (Å²) < 4.78 is 1.79. The number of carbonyl (C=O) groups excluding carboxylic acids is 2. The third kappa shape index (κ3) is 2.27. The molecule has 2 amide bonds. The van der Waals surface area contributed by atoms with Gasteiger partial charge in [-0.1, -0.05) is 0 Å². The zero-order valence-corrected chi connectivity index (χ0v) is 9.06. The van der Waals surface area contributed by atoms with Crippen molar-refractivity contribution >= 4 is 11.8 Å². The molecule has 0 radical (unpaired) electrons. The molecule has 1 unspecified atom stereocenters. The lowest BCUT2D eigenvalue weighted by Crippen LogP contribution is -2.37. The van der Waals surface area contributed by atoms with Crippen molar-refractivity contribution in [2.75, 3.05) is 6.54 Å². The molecule has 1 fully saturated rings. The molecule has 1 aliphatic heterocycles. The fourth-order valence-corrected chi connectivity index (χ4v) is 1.74. The van der Waals surface area contributed by atoms with Crippen LogP contribution in [0.2, 0.25) is 0 Å². The molecule has 2 heterocycles. The van der Waals surface area contributed by atoms with E-state index in [4.69, 9.17) is 0 Å². The highest BCUT2D eigenvalue weighted by Crippen LogP contribution is 2.02. The molecule has 6 heteroatoms. The highest BCUT2D eigenvalue weighted by molar-refractivity contribution is 6.05. The van der Waals surface area contributed by atoms with Crippen molar-refractivity contribution in [2.24, 2.45) is 7.05 Å². The molecular weight excluding hydrogens is 208 g/mol. The molecule has 0 spiro atoms. The van der Waals surface area contributed by atoms with Gasteiger partial charge in [-0.2, -0.15) is 5.10 Å². The average molecular weight is 222 g/mol. The monoisotopic (exact) mass is 222 g/mol. The van der Waals surface area contributed by atoms with E-state index < -0.39 is 0 Å². The molecule has 0 aliphatic carbocycles. The van der Waals surface area contributed by atoms with Crippen LogP contribution in [0.25, 0.3) is 0 Å². The first-order chi connectivity index (χ1) is 7.66. The van der Waals surface area contributed by atoms with Crippen molar-refractivity contribution in [3.63, 3.8) is 0 Å². The number of nitrogens with zero attached hydrogens (tertiary/aromatic N) is 2. The minimum absolute atomic E-state index is 0.206. The Balaban J connectivity index is 1.78. The SMILES string of the molecule is Cn1nccc1CCNC1CC(=O)NC1=O. The van der Waals surface area contributed by atoms with E-state index in [0.29, 0.717) is 6.54 Å². The lowest BCUT2D eigenvalue weighted by molar-refractivity contribution is -0.125. The van der Waals surface area contributed by atoms with Gasteiger partial charge in [0, 0.05) is 31.9 Å². The largest absolute Gasteiger partial charge is 0.305 e. The Morgan fingerprint density at radius 1 is 1.62 bits per heavy atom. The average Bonchev–Trinajstić information content (AvgIpc) is 2.75. The van der Waals surface area contributed by atoms with E-state index in [9.17, 15) is 9.59 Å². The fraction of sp³-hybridized carbons (Fsp3) is 0.500. The molecule has 16 heavy (non-hydrogen) atoms. The second-order valence-electron chi connectivity index (χ2n) is 3.82. The molecule has 2 rings (SSSR count). The van der Waals surface area contributed by atoms with Gasteiger partial charge in [-0.05, 0) is 6.07 Å². The molecule has 0 aromatic carbocycles. The summed E-state index contributed by atoms with van der Waals surface area (Å²) in [7, 11) is 1.88. The molecule has 1 saturated heterocycles. The molecule has 1 aromatic heterocycles. The van der Waals surface area contributed by atoms with Gasteiger partial charge in [0.05, 0.1) is 12.5 Å². The van der Waals surface area contributed by atoms with Gasteiger partial charge in [0.2, 0.25) is 11.8 Å². The van der Waals surface area contributed by atoms with Crippen LogP contribution in [0.3, 0.4) is 0 Å². The van der Waals surface area contributed by atoms with E-state index in [2.05, 4.69) is 15.7 Å². The highest BCUT2D eigenvalue weighted by atomic mass is 16.2. The predicted molar refractivity (Wildman–Crippen MR) is 56.5 cm³/mol. The summed E-state index contributed by atoms with van der Waals surface area (Å²) in [6, 6.07) is 1.56. The molecule has 0 saturated carbocycles. The van der Waals surface area contributed by atoms with E-state index in [-0.39, 0.29) is 24.3 Å². The van der Waals surface area contributed by atoms with Gasteiger partial charge in [0.15, 0.2) is 0 Å². The van der Waals surface area contributed by atoms with Crippen LogP contribution in [0, 0.1) is 0 Å². The number of aryl methyl sites for hydroxylation is 1. The maximum Gasteiger partial charge on any atom is 0.244 e. The molecule has 1 aromatic rings. The summed E-state index contributed by atoms with van der Waals surface area (Å²) in [5, 5.41) is 9.37. The molecule has 6 nitrogen and oxygen atoms in total. The van der Waals surface area contributed by atoms with Crippen LogP contribution in [0.1, 0.15) is 12.1 Å². The number of carbonyl (C=O) groups is 2. The third-order valence-corrected chi connectivity index (χ3v) is 2.66. The smallest absolute Gasteiger partial charge is 0.244 e. The van der Waals surface area contributed by atoms with Crippen LogP contribution in [0.15, 0.2) is 12.3 Å². The number of amides is 2. The molecule has 0 bridgehead atoms. The third-order valence-electron chi connectivity index (χ3n) is 2.66. The lowest BCUT2D eigenvalue weighted by atomic mass is 10.2. The Labute approximate surface area is 93.0 Å². The lowest BCUT2D eigenvalue weighted by Gasteiger charge is -2.08. The second-order valence-corrected chi connectivity index (χ2v) is 3.82. The van der Waals surface area contributed by atoms with Gasteiger partial charge >= 0.3 is 0 Å². The van der Waals surface area contributed by atoms with Crippen LogP contribution in [0.5, 0.6) is 0 Å². The number of hydrogen-bond acceptors (Lipinski definition) is 4. The number of hydrogen-bond donors (Lipinski definition) is 2. The summed E-state index contributed by atoms with van der Waals surface area (Å²) in [6.07, 6.45) is 2.76. The Bertz CT molecular complexity index is 413. The van der Waals surface area contributed by atoms with Crippen LogP contribution in [0.4, 0.5) is 0 Å². The standard InChI is InChI=1S/C10H14N4O2/c1-14-7(3-5-12-14)2-4-11-8-6-9(15)13-10(8)16/h3,5,8,11H,2,4,6H2,1H3,(H,13,15,16). The van der Waals surface area contributed by atoms with Crippen molar-refractivity contribution in [1.29, 1.82) is 0 Å². The Kier molecular flexibility index (Phi) is 3.00. The Morgan fingerprint density at radius 3 is 3.00 bits per heavy atom. The number of aromatic nitrogens is 2. The van der Waals surface area contributed by atoms with Gasteiger partial charge in [0.25, 0.3) is 0 Å². The van der Waals surface area contributed by atoms with Crippen molar-refractivity contribution in [3.05, 3.63) is 18.0 Å². The summed E-state index contributed by atoms with van der Waals surface area (Å²) >= 11 is 0. The maximum absolute atomic E-state index is 11.2. The van der Waals surface area contributed by atoms with Gasteiger partial charge in [0.1, 0.15) is 0 Å². The topological polar surface area (TPSA) is 76.0 Å². The van der Waals surface area contributed by atoms with Gasteiger partial charge in [-0.3, -0.25) is 19.6 Å². The van der Waals surface area contributed by atoms with Crippen LogP contribution >= 0.6 is 0 Å². The molecule has 1 atom stereocenters. The Morgan fingerprint density at radius 2 is 2.44 bits per heavy atom. The van der Waals surface area contributed by atoms with E-state index >= 15 is 0 Å². The van der Waals surface area contributed by atoms with E-state index in [0.717, 1.165) is 12.1 Å². The normalized spacial score (nSPS) is 20.2. The Hall–Kier alpha value is -1.69. The zero-order valence-electron chi connectivity index (χ0n) is 9.06. The summed E-state index contributed by atoms with van der Waals surface area (Å²) in [5.74, 6) is -0.432. The minimum Gasteiger partial charge on any atom is -0.305 e. The molecular formula is C10H14N4O2. The first kappa shape index (κ1) is 10.8. The number of nitrogens with one attached hydrogen (secondary N) is 2. The molecule has 86 valence electrons. The van der Waals surface area contributed by atoms with E-state index in [1.807, 2.05) is 13.1 Å². The minimum atomic E-state index is -0.374. The number of rotatable bonds is 4. The fourth-order valence-electron chi connectivity index (χ4n) is 1.74. The maximum atomic E-state index is 11.2. The van der Waals surface area contributed by atoms with Gasteiger partial charge in [-0.25, -0.2) is 0 Å². The second kappa shape index (κ2) is 4.44. The van der Waals surface area contributed by atoms with E-state index in [1.165, 1.54) is 0 Å². The van der Waals surface area contributed by atoms with Crippen molar-refractivity contribution in [1.82, 2.24) is 20.4 Å². The van der Waals surface area contributed by atoms with Crippen LogP contribution in [-0.2, 0) is 23.1 Å². The predicted octanol–water partition coefficient (Wildman–Crippen LogP) is -1.03. The van der Waals surface area contributed by atoms with Crippen molar-refractivity contribution in [2.45, 2.75) is 18.9 Å². The van der Waals surface area contributed by atoms with Crippen LogP contribution in [-0.4, -0.2) is 34.2 Å². The van der Waals surface area contributed by atoms with Crippen LogP contribution < -0.4 is 10.6 Å². The molecule has 1 aliphatic rings. The van der Waals surface area contributed by atoms with Crippen molar-refractivity contribution < 1.29 is 9.59 Å². The number of imide groups is 1. The summed E-state index contributed by atoms with van der Waals surface area (Å²) in [5.41, 5.74) is 1.09. The summed E-state index contributed by atoms with van der Waals surface area (Å²) in [4.78, 5) is 22.2. The van der Waals surface area contributed by atoms with E-state index in [1.54, 1.807) is 10.9 Å². The van der Waals surface area contributed by atoms with Gasteiger partial charge < -0.3 is 5.32 Å².